The van der Waals surface area contributed by atoms with Gasteiger partial charge in [0.25, 0.3) is 0 Å². The van der Waals surface area contributed by atoms with Crippen molar-refractivity contribution in [3.05, 3.63) is 35.4 Å². The number of benzene rings is 1. The van der Waals surface area contributed by atoms with Crippen molar-refractivity contribution in [3.63, 3.8) is 0 Å². The predicted molar refractivity (Wildman–Crippen MR) is 125 cm³/mol. The Morgan fingerprint density at radius 1 is 1.03 bits per heavy atom. The third kappa shape index (κ3) is 7.73. The maximum atomic E-state index is 13.1. The quantitative estimate of drug-likeness (QED) is 0.412. The highest BCUT2D eigenvalue weighted by Crippen LogP contribution is 2.42. The zero-order valence-corrected chi connectivity index (χ0v) is 20.1. The Labute approximate surface area is 196 Å². The molecule has 3 atom stereocenters. The lowest BCUT2D eigenvalue weighted by molar-refractivity contribution is -0.139. The number of hydrogen-bond acceptors (Lipinski definition) is 2. The highest BCUT2D eigenvalue weighted by atomic mass is 19.4. The van der Waals surface area contributed by atoms with E-state index in [2.05, 4.69) is 18.7 Å². The molecule has 0 amide bonds. The summed E-state index contributed by atoms with van der Waals surface area (Å²) in [5, 5.41) is 9.35. The van der Waals surface area contributed by atoms with E-state index in [1.165, 1.54) is 44.2 Å². The summed E-state index contributed by atoms with van der Waals surface area (Å²) in [6, 6.07) is 5.89. The summed E-state index contributed by atoms with van der Waals surface area (Å²) in [5.74, 6) is 0.639. The number of rotatable bonds is 9. The normalized spacial score (nSPS) is 25.0. The first-order chi connectivity index (χ1) is 15.6. The Balaban J connectivity index is 1.85. The third-order valence-electron chi connectivity index (χ3n) is 7.73. The van der Waals surface area contributed by atoms with Gasteiger partial charge in [-0.3, -0.25) is 9.69 Å². The van der Waals surface area contributed by atoms with E-state index in [4.69, 9.17) is 0 Å². The van der Waals surface area contributed by atoms with E-state index in [1.807, 2.05) is 0 Å². The fraction of sp³-hybridized carbons (Fsp3) is 0.741. The summed E-state index contributed by atoms with van der Waals surface area (Å²) in [5.41, 5.74) is 0.292. The second kappa shape index (κ2) is 11.7. The average Bonchev–Trinajstić information content (AvgIpc) is 2.76. The first-order valence-electron chi connectivity index (χ1n) is 12.8. The second-order valence-corrected chi connectivity index (χ2v) is 10.8. The zero-order valence-electron chi connectivity index (χ0n) is 20.1. The molecule has 3 nitrogen and oxygen atoms in total. The van der Waals surface area contributed by atoms with Crippen LogP contribution in [0.25, 0.3) is 0 Å². The van der Waals surface area contributed by atoms with Crippen LogP contribution in [0.15, 0.2) is 24.3 Å². The lowest BCUT2D eigenvalue weighted by Crippen LogP contribution is -2.46. The van der Waals surface area contributed by atoms with Gasteiger partial charge in [-0.15, -0.1) is 0 Å². The maximum Gasteiger partial charge on any atom is 0.416 e. The van der Waals surface area contributed by atoms with Gasteiger partial charge in [0.2, 0.25) is 0 Å². The Bertz CT molecular complexity index is 741. The van der Waals surface area contributed by atoms with Gasteiger partial charge in [0.15, 0.2) is 0 Å². The Hall–Kier alpha value is -1.56. The van der Waals surface area contributed by atoms with Gasteiger partial charge in [0.1, 0.15) is 0 Å². The lowest BCUT2D eigenvalue weighted by atomic mass is 9.72. The number of aliphatic carboxylic acids is 1. The van der Waals surface area contributed by atoms with Gasteiger partial charge in [-0.25, -0.2) is 0 Å². The van der Waals surface area contributed by atoms with E-state index in [0.717, 1.165) is 44.3 Å². The fourth-order valence-corrected chi connectivity index (χ4v) is 5.91. The number of carboxylic acid groups (broad SMARTS) is 1. The van der Waals surface area contributed by atoms with Crippen LogP contribution < -0.4 is 0 Å². The van der Waals surface area contributed by atoms with E-state index in [0.29, 0.717) is 11.8 Å². The summed E-state index contributed by atoms with van der Waals surface area (Å²) < 4.78 is 39.4. The number of nitrogens with zero attached hydrogens (tertiary/aromatic N) is 1. The SMILES string of the molecule is CC(C)CCN(CC1CCCCC1)[C@@H]1CC[C@@H](CC(=O)O)C[C@H]1c1ccc(C(F)(F)F)cc1. The van der Waals surface area contributed by atoms with Crippen molar-refractivity contribution < 1.29 is 23.1 Å². The minimum Gasteiger partial charge on any atom is -0.481 e. The Morgan fingerprint density at radius 2 is 1.70 bits per heavy atom. The molecule has 1 aromatic carbocycles. The molecule has 0 saturated heterocycles. The maximum absolute atomic E-state index is 13.1. The van der Waals surface area contributed by atoms with Crippen LogP contribution in [0.5, 0.6) is 0 Å². The number of carboxylic acids is 1. The topological polar surface area (TPSA) is 40.5 Å². The molecule has 33 heavy (non-hydrogen) atoms. The molecule has 0 radical (unpaired) electrons. The van der Waals surface area contributed by atoms with Gasteiger partial charge in [-0.05, 0) is 86.4 Å². The molecule has 2 aliphatic carbocycles. The number of hydrogen-bond donors (Lipinski definition) is 1. The molecule has 0 aromatic heterocycles. The van der Waals surface area contributed by atoms with Crippen LogP contribution in [0.3, 0.4) is 0 Å². The van der Waals surface area contributed by atoms with Crippen molar-refractivity contribution in [2.45, 2.75) is 96.2 Å². The Kier molecular flexibility index (Phi) is 9.25. The summed E-state index contributed by atoms with van der Waals surface area (Å²) in [6.07, 6.45) is 5.82. The molecule has 0 heterocycles. The lowest BCUT2D eigenvalue weighted by Gasteiger charge is -2.44. The first kappa shape index (κ1) is 26.1. The summed E-state index contributed by atoms with van der Waals surface area (Å²) in [7, 11) is 0. The van der Waals surface area contributed by atoms with Crippen molar-refractivity contribution in [2.24, 2.45) is 17.8 Å². The van der Waals surface area contributed by atoms with Crippen molar-refractivity contribution in [1.29, 1.82) is 0 Å². The predicted octanol–water partition coefficient (Wildman–Crippen LogP) is 7.36. The molecule has 3 rings (SSSR count). The monoisotopic (exact) mass is 467 g/mol. The van der Waals surface area contributed by atoms with E-state index in [-0.39, 0.29) is 24.3 Å². The Morgan fingerprint density at radius 3 is 2.27 bits per heavy atom. The first-order valence-corrected chi connectivity index (χ1v) is 12.8. The highest BCUT2D eigenvalue weighted by Gasteiger charge is 2.37. The van der Waals surface area contributed by atoms with Gasteiger partial charge >= 0.3 is 12.1 Å². The van der Waals surface area contributed by atoms with Crippen molar-refractivity contribution in [1.82, 2.24) is 4.90 Å². The smallest absolute Gasteiger partial charge is 0.416 e. The van der Waals surface area contributed by atoms with Gasteiger partial charge in [-0.1, -0.05) is 45.2 Å². The minimum absolute atomic E-state index is 0.0705. The summed E-state index contributed by atoms with van der Waals surface area (Å²) in [4.78, 5) is 14.0. The highest BCUT2D eigenvalue weighted by molar-refractivity contribution is 5.67. The summed E-state index contributed by atoms with van der Waals surface area (Å²) >= 11 is 0. The van der Waals surface area contributed by atoms with Crippen LogP contribution in [-0.2, 0) is 11.0 Å². The molecule has 186 valence electrons. The van der Waals surface area contributed by atoms with Crippen molar-refractivity contribution >= 4 is 5.97 Å². The van der Waals surface area contributed by atoms with Crippen molar-refractivity contribution in [2.75, 3.05) is 13.1 Å². The van der Waals surface area contributed by atoms with Crippen LogP contribution in [0.1, 0.15) is 95.1 Å². The van der Waals surface area contributed by atoms with Gasteiger partial charge < -0.3 is 5.11 Å². The molecule has 0 unspecified atom stereocenters. The molecule has 2 aliphatic rings. The van der Waals surface area contributed by atoms with Gasteiger partial charge in [-0.2, -0.15) is 13.2 Å². The molecule has 2 saturated carbocycles. The molecule has 0 spiro atoms. The minimum atomic E-state index is -4.35. The largest absolute Gasteiger partial charge is 0.481 e. The van der Waals surface area contributed by atoms with E-state index in [9.17, 15) is 23.1 Å². The number of carbonyl (C=O) groups is 1. The van der Waals surface area contributed by atoms with Crippen LogP contribution in [0.4, 0.5) is 13.2 Å². The van der Waals surface area contributed by atoms with E-state index >= 15 is 0 Å². The number of alkyl halides is 3. The summed E-state index contributed by atoms with van der Waals surface area (Å²) in [6.45, 7) is 6.52. The zero-order chi connectivity index (χ0) is 24.0. The van der Waals surface area contributed by atoms with Gasteiger partial charge in [0.05, 0.1) is 5.56 Å². The molecule has 6 heteroatoms. The van der Waals surface area contributed by atoms with Crippen LogP contribution >= 0.6 is 0 Å². The molecule has 0 aliphatic heterocycles. The van der Waals surface area contributed by atoms with E-state index in [1.54, 1.807) is 12.1 Å². The molecule has 1 aromatic rings. The fourth-order valence-electron chi connectivity index (χ4n) is 5.91. The molecular formula is C27H40F3NO2. The second-order valence-electron chi connectivity index (χ2n) is 10.8. The van der Waals surface area contributed by atoms with Crippen LogP contribution in [0, 0.1) is 17.8 Å². The van der Waals surface area contributed by atoms with Crippen molar-refractivity contribution in [3.8, 4) is 0 Å². The molecule has 0 bridgehead atoms. The van der Waals surface area contributed by atoms with E-state index < -0.39 is 17.7 Å². The van der Waals surface area contributed by atoms with Gasteiger partial charge in [0, 0.05) is 19.0 Å². The third-order valence-corrected chi connectivity index (χ3v) is 7.73. The molecule has 1 N–H and O–H groups in total. The standard InChI is InChI=1S/C27H40F3NO2/c1-19(2)14-15-31(18-20-6-4-3-5-7-20)25-13-8-21(17-26(32)33)16-24(25)22-9-11-23(12-10-22)27(28,29)30/h9-12,19-21,24-25H,3-8,13-18H2,1-2H3,(H,32,33)/t21-,24+,25-/m1/s1. The average molecular weight is 468 g/mol. The van der Waals surface area contributed by atoms with Crippen LogP contribution in [-0.4, -0.2) is 35.1 Å². The molecular weight excluding hydrogens is 427 g/mol. The number of halogens is 3. The van der Waals surface area contributed by atoms with Crippen LogP contribution in [0.2, 0.25) is 0 Å². The molecule has 2 fully saturated rings.